The Bertz CT molecular complexity index is 615. The van der Waals surface area contributed by atoms with Crippen molar-refractivity contribution < 1.29 is 4.79 Å². The highest BCUT2D eigenvalue weighted by atomic mass is 16.1. The highest BCUT2D eigenvalue weighted by molar-refractivity contribution is 5.83. The van der Waals surface area contributed by atoms with Crippen LogP contribution < -0.4 is 5.32 Å². The van der Waals surface area contributed by atoms with Gasteiger partial charge in [-0.3, -0.25) is 4.79 Å². The second kappa shape index (κ2) is 8.76. The largest absolute Gasteiger partial charge is 0.361 e. The molecule has 1 unspecified atom stereocenters. The summed E-state index contributed by atoms with van der Waals surface area (Å²) in [4.78, 5) is 15.3. The van der Waals surface area contributed by atoms with Crippen LogP contribution in [0.1, 0.15) is 58.4 Å². The average Bonchev–Trinajstić information content (AvgIpc) is 2.90. The number of rotatable bonds is 9. The molecule has 1 atom stereocenters. The number of benzene rings is 1. The van der Waals surface area contributed by atoms with Crippen LogP contribution in [0.5, 0.6) is 0 Å². The van der Waals surface area contributed by atoms with Gasteiger partial charge < -0.3 is 10.3 Å². The van der Waals surface area contributed by atoms with Crippen LogP contribution >= 0.6 is 0 Å². The van der Waals surface area contributed by atoms with Crippen LogP contribution in [0.4, 0.5) is 0 Å². The summed E-state index contributed by atoms with van der Waals surface area (Å²) in [5, 5.41) is 4.40. The Morgan fingerprint density at radius 2 is 1.91 bits per heavy atom. The van der Waals surface area contributed by atoms with Gasteiger partial charge in [0, 0.05) is 29.6 Å². The van der Waals surface area contributed by atoms with Gasteiger partial charge >= 0.3 is 0 Å². The van der Waals surface area contributed by atoms with E-state index in [4.69, 9.17) is 0 Å². The number of aromatic amines is 1. The van der Waals surface area contributed by atoms with E-state index in [9.17, 15) is 4.79 Å². The predicted octanol–water partition coefficient (Wildman–Crippen LogP) is 4.82. The van der Waals surface area contributed by atoms with Gasteiger partial charge in [-0.2, -0.15) is 0 Å². The SMILES string of the molecule is CC(C)CCCC(C)NC(=O)CCCc1c[nH]c2ccccc12. The Kier molecular flexibility index (Phi) is 6.69. The highest BCUT2D eigenvalue weighted by Gasteiger charge is 2.09. The number of carbonyl (C=O) groups excluding carboxylic acids is 1. The molecule has 0 spiro atoms. The van der Waals surface area contributed by atoms with Gasteiger partial charge in [0.05, 0.1) is 0 Å². The first-order chi connectivity index (χ1) is 11.1. The van der Waals surface area contributed by atoms with Crippen molar-refractivity contribution in [3.8, 4) is 0 Å². The summed E-state index contributed by atoms with van der Waals surface area (Å²) in [5.74, 6) is 0.927. The van der Waals surface area contributed by atoms with Crippen LogP contribution in [0.2, 0.25) is 0 Å². The van der Waals surface area contributed by atoms with Crippen LogP contribution in [0.3, 0.4) is 0 Å². The molecule has 0 aliphatic heterocycles. The van der Waals surface area contributed by atoms with E-state index in [0.717, 1.165) is 25.2 Å². The molecular formula is C20H30N2O. The summed E-state index contributed by atoms with van der Waals surface area (Å²) in [6.45, 7) is 6.60. The molecule has 126 valence electrons. The van der Waals surface area contributed by atoms with Gasteiger partial charge in [0.15, 0.2) is 0 Å². The van der Waals surface area contributed by atoms with Crippen LogP contribution in [0.25, 0.3) is 10.9 Å². The number of hydrogen-bond donors (Lipinski definition) is 2. The van der Waals surface area contributed by atoms with Crippen molar-refractivity contribution in [1.82, 2.24) is 10.3 Å². The molecule has 1 aromatic carbocycles. The Hall–Kier alpha value is -1.77. The number of H-pyrrole nitrogens is 1. The van der Waals surface area contributed by atoms with Gasteiger partial charge in [0.2, 0.25) is 5.91 Å². The molecule has 0 fully saturated rings. The van der Waals surface area contributed by atoms with Crippen molar-refractivity contribution in [3.05, 3.63) is 36.0 Å². The fourth-order valence-corrected chi connectivity index (χ4v) is 3.03. The number of aryl methyl sites for hydroxylation is 1. The van der Waals surface area contributed by atoms with Crippen LogP contribution in [0.15, 0.2) is 30.5 Å². The first-order valence-corrected chi connectivity index (χ1v) is 8.90. The summed E-state index contributed by atoms with van der Waals surface area (Å²) in [5.41, 5.74) is 2.48. The van der Waals surface area contributed by atoms with Crippen molar-refractivity contribution in [1.29, 1.82) is 0 Å². The molecule has 3 heteroatoms. The molecule has 23 heavy (non-hydrogen) atoms. The second-order valence-corrected chi connectivity index (χ2v) is 7.01. The summed E-state index contributed by atoms with van der Waals surface area (Å²) in [6.07, 6.45) is 8.01. The molecule has 2 N–H and O–H groups in total. The smallest absolute Gasteiger partial charge is 0.220 e. The second-order valence-electron chi connectivity index (χ2n) is 7.01. The minimum atomic E-state index is 0.182. The first kappa shape index (κ1) is 17.6. The Labute approximate surface area is 139 Å². The maximum absolute atomic E-state index is 12.0. The normalized spacial score (nSPS) is 12.7. The zero-order chi connectivity index (χ0) is 16.7. The molecule has 3 nitrogen and oxygen atoms in total. The van der Waals surface area contributed by atoms with Crippen molar-refractivity contribution in [2.45, 2.75) is 65.3 Å². The maximum Gasteiger partial charge on any atom is 0.220 e. The van der Waals surface area contributed by atoms with Crippen LogP contribution in [-0.4, -0.2) is 16.9 Å². The van der Waals surface area contributed by atoms with Gasteiger partial charge in [-0.05, 0) is 43.7 Å². The van der Waals surface area contributed by atoms with E-state index in [1.165, 1.54) is 29.3 Å². The third kappa shape index (κ3) is 5.74. The molecule has 0 aliphatic carbocycles. The summed E-state index contributed by atoms with van der Waals surface area (Å²) in [7, 11) is 0. The molecule has 0 saturated carbocycles. The van der Waals surface area contributed by atoms with E-state index in [-0.39, 0.29) is 11.9 Å². The van der Waals surface area contributed by atoms with E-state index in [0.29, 0.717) is 6.42 Å². The van der Waals surface area contributed by atoms with Gasteiger partial charge in [0.25, 0.3) is 0 Å². The number of amides is 1. The molecule has 0 radical (unpaired) electrons. The van der Waals surface area contributed by atoms with Crippen molar-refractivity contribution >= 4 is 16.8 Å². The Balaban J connectivity index is 1.68. The lowest BCUT2D eigenvalue weighted by atomic mass is 10.0. The number of nitrogens with one attached hydrogen (secondary N) is 2. The lowest BCUT2D eigenvalue weighted by Crippen LogP contribution is -2.32. The molecule has 2 aromatic rings. The van der Waals surface area contributed by atoms with E-state index >= 15 is 0 Å². The van der Waals surface area contributed by atoms with E-state index in [2.05, 4.69) is 55.5 Å². The fraction of sp³-hybridized carbons (Fsp3) is 0.550. The number of hydrogen-bond acceptors (Lipinski definition) is 1. The topological polar surface area (TPSA) is 44.9 Å². The third-order valence-electron chi connectivity index (χ3n) is 4.35. The minimum absolute atomic E-state index is 0.182. The number of carbonyl (C=O) groups is 1. The summed E-state index contributed by atoms with van der Waals surface area (Å²) < 4.78 is 0. The summed E-state index contributed by atoms with van der Waals surface area (Å²) >= 11 is 0. The molecule has 2 rings (SSSR count). The molecular weight excluding hydrogens is 284 g/mol. The van der Waals surface area contributed by atoms with Gasteiger partial charge in [-0.15, -0.1) is 0 Å². The number of para-hydroxylation sites is 1. The standard InChI is InChI=1S/C20H30N2O/c1-15(2)8-6-9-16(3)22-20(23)13-7-10-17-14-21-19-12-5-4-11-18(17)19/h4-5,11-12,14-16,21H,6-10,13H2,1-3H3,(H,22,23). The van der Waals surface area contributed by atoms with Crippen LogP contribution in [-0.2, 0) is 11.2 Å². The molecule has 0 bridgehead atoms. The van der Waals surface area contributed by atoms with E-state index in [1.54, 1.807) is 0 Å². The Morgan fingerprint density at radius 3 is 2.70 bits per heavy atom. The van der Waals surface area contributed by atoms with Gasteiger partial charge in [-0.1, -0.05) is 44.9 Å². The molecule has 0 aliphatic rings. The van der Waals surface area contributed by atoms with Crippen LogP contribution in [0, 0.1) is 5.92 Å². The highest BCUT2D eigenvalue weighted by Crippen LogP contribution is 2.19. The molecule has 1 heterocycles. The van der Waals surface area contributed by atoms with Crippen molar-refractivity contribution in [2.75, 3.05) is 0 Å². The zero-order valence-corrected chi connectivity index (χ0v) is 14.7. The average molecular weight is 314 g/mol. The minimum Gasteiger partial charge on any atom is -0.361 e. The maximum atomic E-state index is 12.0. The lowest BCUT2D eigenvalue weighted by Gasteiger charge is -2.14. The van der Waals surface area contributed by atoms with E-state index < -0.39 is 0 Å². The Morgan fingerprint density at radius 1 is 1.13 bits per heavy atom. The predicted molar refractivity (Wildman–Crippen MR) is 97.5 cm³/mol. The van der Waals surface area contributed by atoms with Crippen molar-refractivity contribution in [3.63, 3.8) is 0 Å². The first-order valence-electron chi connectivity index (χ1n) is 8.90. The summed E-state index contributed by atoms with van der Waals surface area (Å²) in [6, 6.07) is 8.61. The third-order valence-corrected chi connectivity index (χ3v) is 4.35. The van der Waals surface area contributed by atoms with Crippen molar-refractivity contribution in [2.24, 2.45) is 5.92 Å². The number of aromatic nitrogens is 1. The molecule has 1 aromatic heterocycles. The van der Waals surface area contributed by atoms with Gasteiger partial charge in [-0.25, -0.2) is 0 Å². The van der Waals surface area contributed by atoms with Gasteiger partial charge in [0.1, 0.15) is 0 Å². The monoisotopic (exact) mass is 314 g/mol. The van der Waals surface area contributed by atoms with E-state index in [1.807, 2.05) is 6.07 Å². The quantitative estimate of drug-likeness (QED) is 0.684. The zero-order valence-electron chi connectivity index (χ0n) is 14.7. The lowest BCUT2D eigenvalue weighted by molar-refractivity contribution is -0.121. The molecule has 1 amide bonds. The fourth-order valence-electron chi connectivity index (χ4n) is 3.03. The number of fused-ring (bicyclic) bond motifs is 1. The molecule has 0 saturated heterocycles.